The van der Waals surface area contributed by atoms with E-state index in [1.165, 1.54) is 7.11 Å². The van der Waals surface area contributed by atoms with Crippen LogP contribution >= 0.6 is 0 Å². The van der Waals surface area contributed by atoms with Crippen molar-refractivity contribution in [2.45, 2.75) is 51.2 Å². The minimum absolute atomic E-state index is 0.0438. The third kappa shape index (κ3) is 5.95. The van der Waals surface area contributed by atoms with Crippen LogP contribution < -0.4 is 10.2 Å². The number of anilines is 2. The van der Waals surface area contributed by atoms with Crippen LogP contribution in [0, 0.1) is 5.92 Å². The average Bonchev–Trinajstić information content (AvgIpc) is 3.42. The van der Waals surface area contributed by atoms with Crippen molar-refractivity contribution in [2.75, 3.05) is 51.2 Å². The molecule has 166 valence electrons. The molecule has 1 saturated heterocycles. The first kappa shape index (κ1) is 22.6. The van der Waals surface area contributed by atoms with Crippen molar-refractivity contribution in [3.63, 3.8) is 0 Å². The SMILES string of the molecule is COCC(=O)N(Cc1cc(NC(=O)C2CCCC2)ccc1N(C)C)CC1CCCO1. The summed E-state index contributed by atoms with van der Waals surface area (Å²) in [6.45, 7) is 1.79. The zero-order chi connectivity index (χ0) is 21.5. The van der Waals surface area contributed by atoms with Gasteiger partial charge in [-0.15, -0.1) is 0 Å². The summed E-state index contributed by atoms with van der Waals surface area (Å²) in [6, 6.07) is 5.93. The van der Waals surface area contributed by atoms with Crippen LogP contribution in [0.4, 0.5) is 11.4 Å². The predicted octanol–water partition coefficient (Wildman–Crippen LogP) is 3.04. The van der Waals surface area contributed by atoms with E-state index in [1.54, 1.807) is 0 Å². The van der Waals surface area contributed by atoms with Gasteiger partial charge in [0.05, 0.1) is 6.10 Å². The molecule has 7 nitrogen and oxygen atoms in total. The lowest BCUT2D eigenvalue weighted by atomic mass is 10.1. The fourth-order valence-corrected chi connectivity index (χ4v) is 4.37. The predicted molar refractivity (Wildman–Crippen MR) is 118 cm³/mol. The molecule has 0 spiro atoms. The number of benzene rings is 1. The van der Waals surface area contributed by atoms with Gasteiger partial charge in [0.15, 0.2) is 0 Å². The topological polar surface area (TPSA) is 71.1 Å². The average molecular weight is 418 g/mol. The van der Waals surface area contributed by atoms with Gasteiger partial charge in [-0.25, -0.2) is 0 Å². The molecular weight excluding hydrogens is 382 g/mol. The molecule has 0 bridgehead atoms. The molecule has 2 fully saturated rings. The van der Waals surface area contributed by atoms with E-state index >= 15 is 0 Å². The molecule has 1 aromatic carbocycles. The zero-order valence-corrected chi connectivity index (χ0v) is 18.5. The number of carbonyl (C=O) groups is 2. The highest BCUT2D eigenvalue weighted by atomic mass is 16.5. The van der Waals surface area contributed by atoms with E-state index < -0.39 is 0 Å². The van der Waals surface area contributed by atoms with Crippen molar-refractivity contribution in [1.29, 1.82) is 0 Å². The van der Waals surface area contributed by atoms with Crippen LogP contribution in [0.3, 0.4) is 0 Å². The van der Waals surface area contributed by atoms with Gasteiger partial charge in [-0.1, -0.05) is 12.8 Å². The quantitative estimate of drug-likeness (QED) is 0.669. The first-order chi connectivity index (χ1) is 14.5. The van der Waals surface area contributed by atoms with E-state index in [4.69, 9.17) is 9.47 Å². The molecule has 1 heterocycles. The summed E-state index contributed by atoms with van der Waals surface area (Å²) in [5, 5.41) is 3.08. The highest BCUT2D eigenvalue weighted by Gasteiger charge is 2.25. The summed E-state index contributed by atoms with van der Waals surface area (Å²) < 4.78 is 10.9. The van der Waals surface area contributed by atoms with Crippen LogP contribution in [0.15, 0.2) is 18.2 Å². The van der Waals surface area contributed by atoms with Crippen LogP contribution in [0.5, 0.6) is 0 Å². The number of carbonyl (C=O) groups excluding carboxylic acids is 2. The van der Waals surface area contributed by atoms with Gasteiger partial charge in [0.1, 0.15) is 6.61 Å². The van der Waals surface area contributed by atoms with Crippen LogP contribution in [0.2, 0.25) is 0 Å². The van der Waals surface area contributed by atoms with Gasteiger partial charge < -0.3 is 24.6 Å². The number of nitrogens with zero attached hydrogens (tertiary/aromatic N) is 2. The van der Waals surface area contributed by atoms with Crippen molar-refractivity contribution in [2.24, 2.45) is 5.92 Å². The lowest BCUT2D eigenvalue weighted by molar-refractivity contribution is -0.137. The molecule has 3 rings (SSSR count). The number of amides is 2. The fourth-order valence-electron chi connectivity index (χ4n) is 4.37. The Morgan fingerprint density at radius 2 is 1.93 bits per heavy atom. The Bertz CT molecular complexity index is 725. The van der Waals surface area contributed by atoms with Gasteiger partial charge in [0.25, 0.3) is 0 Å². The van der Waals surface area contributed by atoms with Gasteiger partial charge in [0.2, 0.25) is 11.8 Å². The van der Waals surface area contributed by atoms with Gasteiger partial charge >= 0.3 is 0 Å². The smallest absolute Gasteiger partial charge is 0.248 e. The second kappa shape index (κ2) is 10.8. The molecule has 7 heteroatoms. The van der Waals surface area contributed by atoms with E-state index in [1.807, 2.05) is 42.1 Å². The Morgan fingerprint density at radius 1 is 1.17 bits per heavy atom. The minimum Gasteiger partial charge on any atom is -0.377 e. The van der Waals surface area contributed by atoms with Gasteiger partial charge in [-0.2, -0.15) is 0 Å². The van der Waals surface area contributed by atoms with E-state index in [9.17, 15) is 9.59 Å². The summed E-state index contributed by atoms with van der Waals surface area (Å²) in [7, 11) is 5.50. The maximum Gasteiger partial charge on any atom is 0.248 e. The lowest BCUT2D eigenvalue weighted by Gasteiger charge is -2.28. The maximum absolute atomic E-state index is 12.7. The summed E-state index contributed by atoms with van der Waals surface area (Å²) in [4.78, 5) is 29.1. The first-order valence-electron chi connectivity index (χ1n) is 11.0. The molecule has 1 aromatic rings. The second-order valence-corrected chi connectivity index (χ2v) is 8.55. The van der Waals surface area contributed by atoms with Crippen LogP contribution in [0.1, 0.15) is 44.1 Å². The van der Waals surface area contributed by atoms with Crippen molar-refractivity contribution in [3.05, 3.63) is 23.8 Å². The number of hydrogen-bond donors (Lipinski definition) is 1. The Kier molecular flexibility index (Phi) is 8.10. The highest BCUT2D eigenvalue weighted by molar-refractivity contribution is 5.93. The largest absolute Gasteiger partial charge is 0.377 e. The van der Waals surface area contributed by atoms with Crippen molar-refractivity contribution in [1.82, 2.24) is 4.90 Å². The third-order valence-electron chi connectivity index (χ3n) is 5.98. The van der Waals surface area contributed by atoms with Crippen LogP contribution in [-0.2, 0) is 25.6 Å². The second-order valence-electron chi connectivity index (χ2n) is 8.55. The molecule has 1 aliphatic heterocycles. The van der Waals surface area contributed by atoms with Crippen molar-refractivity contribution >= 4 is 23.2 Å². The lowest BCUT2D eigenvalue weighted by Crippen LogP contribution is -2.39. The maximum atomic E-state index is 12.7. The summed E-state index contributed by atoms with van der Waals surface area (Å²) in [6.07, 6.45) is 6.26. The Morgan fingerprint density at radius 3 is 2.57 bits per heavy atom. The van der Waals surface area contributed by atoms with E-state index in [2.05, 4.69) is 5.32 Å². The number of nitrogens with one attached hydrogen (secondary N) is 1. The summed E-state index contributed by atoms with van der Waals surface area (Å²) in [5.41, 5.74) is 2.80. The van der Waals surface area contributed by atoms with E-state index in [0.717, 1.165) is 62.1 Å². The molecule has 0 radical (unpaired) electrons. The molecule has 1 aliphatic carbocycles. The zero-order valence-electron chi connectivity index (χ0n) is 18.5. The van der Waals surface area contributed by atoms with Gasteiger partial charge in [-0.3, -0.25) is 9.59 Å². The Balaban J connectivity index is 1.78. The van der Waals surface area contributed by atoms with E-state index in [0.29, 0.717) is 13.1 Å². The molecule has 2 amide bonds. The fraction of sp³-hybridized carbons (Fsp3) is 0.652. The number of methoxy groups -OCH3 is 1. The van der Waals surface area contributed by atoms with Gasteiger partial charge in [-0.05, 0) is 49.4 Å². The van der Waals surface area contributed by atoms with Crippen molar-refractivity contribution in [3.8, 4) is 0 Å². The third-order valence-corrected chi connectivity index (χ3v) is 5.98. The number of ether oxygens (including phenoxy) is 2. The molecule has 1 atom stereocenters. The minimum atomic E-state index is -0.0573. The molecule has 2 aliphatic rings. The van der Waals surface area contributed by atoms with Crippen molar-refractivity contribution < 1.29 is 19.1 Å². The molecular formula is C23H35N3O4. The molecule has 1 saturated carbocycles. The Hall–Kier alpha value is -2.12. The van der Waals surface area contributed by atoms with E-state index in [-0.39, 0.29) is 30.4 Å². The highest BCUT2D eigenvalue weighted by Crippen LogP contribution is 2.28. The van der Waals surface area contributed by atoms with Crippen LogP contribution in [-0.4, -0.2) is 63.8 Å². The summed E-state index contributed by atoms with van der Waals surface area (Å²) in [5.74, 6) is 0.155. The molecule has 1 unspecified atom stereocenters. The van der Waals surface area contributed by atoms with Gasteiger partial charge in [0, 0.05) is 58.2 Å². The Labute approximate surface area is 179 Å². The molecule has 0 aromatic heterocycles. The monoisotopic (exact) mass is 417 g/mol. The standard InChI is InChI=1S/C23H35N3O4/c1-25(2)21-11-10-19(24-23(28)17-7-4-5-8-17)13-18(21)14-26(22(27)16-29-3)15-20-9-6-12-30-20/h10-11,13,17,20H,4-9,12,14-16H2,1-3H3,(H,24,28). The molecule has 30 heavy (non-hydrogen) atoms. The first-order valence-corrected chi connectivity index (χ1v) is 11.0. The molecule has 1 N–H and O–H groups in total. The number of rotatable bonds is 9. The summed E-state index contributed by atoms with van der Waals surface area (Å²) >= 11 is 0. The van der Waals surface area contributed by atoms with Crippen LogP contribution in [0.25, 0.3) is 0 Å². The number of hydrogen-bond acceptors (Lipinski definition) is 5. The normalized spacial score (nSPS) is 19.1.